The van der Waals surface area contributed by atoms with Crippen molar-refractivity contribution >= 4 is 10.2 Å². The van der Waals surface area contributed by atoms with E-state index in [4.69, 9.17) is 0 Å². The Bertz CT molecular complexity index is 626. The maximum absolute atomic E-state index is 12.1. The van der Waals surface area contributed by atoms with Gasteiger partial charge in [0.15, 0.2) is 0 Å². The zero-order valence-corrected chi connectivity index (χ0v) is 12.8. The van der Waals surface area contributed by atoms with E-state index in [9.17, 15) is 8.42 Å². The number of hydrogen-bond acceptors (Lipinski definition) is 3. The molecule has 0 aliphatic heterocycles. The van der Waals surface area contributed by atoms with Crippen LogP contribution in [0.15, 0.2) is 42.7 Å². The fourth-order valence-electron chi connectivity index (χ4n) is 1.93. The maximum atomic E-state index is 12.1. The van der Waals surface area contributed by atoms with Gasteiger partial charge in [-0.3, -0.25) is 0 Å². The molecule has 0 saturated carbocycles. The van der Waals surface area contributed by atoms with Gasteiger partial charge >= 0.3 is 0 Å². The zero-order chi connectivity index (χ0) is 15.1. The van der Waals surface area contributed by atoms with Crippen molar-refractivity contribution in [3.8, 4) is 0 Å². The second-order valence-electron chi connectivity index (χ2n) is 4.78. The number of nitrogens with zero attached hydrogens (tertiary/aromatic N) is 2. The van der Waals surface area contributed by atoms with Crippen LogP contribution in [0, 0.1) is 0 Å². The molecule has 0 aliphatic rings. The summed E-state index contributed by atoms with van der Waals surface area (Å²) in [4.78, 5) is 7.09. The Balaban J connectivity index is 1.78. The van der Waals surface area contributed by atoms with Gasteiger partial charge in [0.05, 0.1) is 0 Å². The summed E-state index contributed by atoms with van der Waals surface area (Å²) in [6.45, 7) is 0.747. The number of rotatable bonds is 8. The molecule has 2 N–H and O–H groups in total. The molecule has 2 rings (SSSR count). The first kappa shape index (κ1) is 15.7. The summed E-state index contributed by atoms with van der Waals surface area (Å²) < 4.78 is 28.1. The van der Waals surface area contributed by atoms with Crippen LogP contribution in [0.25, 0.3) is 0 Å². The van der Waals surface area contributed by atoms with E-state index in [-0.39, 0.29) is 0 Å². The third kappa shape index (κ3) is 4.96. The van der Waals surface area contributed by atoms with Crippen LogP contribution in [-0.2, 0) is 23.2 Å². The van der Waals surface area contributed by atoms with Gasteiger partial charge in [0, 0.05) is 39.0 Å². The van der Waals surface area contributed by atoms with Gasteiger partial charge < -0.3 is 4.98 Å². The van der Waals surface area contributed by atoms with Crippen molar-refractivity contribution in [2.24, 2.45) is 0 Å². The molecule has 1 aromatic carbocycles. The smallest absolute Gasteiger partial charge is 0.279 e. The van der Waals surface area contributed by atoms with Crippen molar-refractivity contribution in [3.63, 3.8) is 0 Å². The van der Waals surface area contributed by atoms with Crippen LogP contribution in [0.3, 0.4) is 0 Å². The highest BCUT2D eigenvalue weighted by Gasteiger charge is 2.16. The summed E-state index contributed by atoms with van der Waals surface area (Å²) in [6.07, 6.45) is 4.87. The van der Waals surface area contributed by atoms with Crippen molar-refractivity contribution in [2.45, 2.75) is 19.4 Å². The molecule has 2 aromatic rings. The number of hydrogen-bond donors (Lipinski definition) is 2. The Kier molecular flexibility index (Phi) is 5.49. The van der Waals surface area contributed by atoms with E-state index < -0.39 is 10.2 Å². The fourth-order valence-corrected chi connectivity index (χ4v) is 2.87. The largest absolute Gasteiger partial charge is 0.349 e. The van der Waals surface area contributed by atoms with Crippen molar-refractivity contribution in [3.05, 3.63) is 54.1 Å². The number of aromatic nitrogens is 2. The highest BCUT2D eigenvalue weighted by atomic mass is 32.2. The molecule has 0 spiro atoms. The van der Waals surface area contributed by atoms with Gasteiger partial charge in [-0.15, -0.1) is 0 Å². The molecule has 1 heterocycles. The summed E-state index contributed by atoms with van der Waals surface area (Å²) in [6, 6.07) is 9.51. The lowest BCUT2D eigenvalue weighted by molar-refractivity contribution is 0.454. The summed E-state index contributed by atoms with van der Waals surface area (Å²) in [7, 11) is -1.88. The first-order valence-electron chi connectivity index (χ1n) is 6.81. The molecule has 21 heavy (non-hydrogen) atoms. The molecule has 0 aliphatic carbocycles. The van der Waals surface area contributed by atoms with Gasteiger partial charge in [-0.2, -0.15) is 12.7 Å². The van der Waals surface area contributed by atoms with Gasteiger partial charge in [-0.1, -0.05) is 30.3 Å². The third-order valence-corrected chi connectivity index (χ3v) is 4.61. The van der Waals surface area contributed by atoms with E-state index >= 15 is 0 Å². The van der Waals surface area contributed by atoms with Crippen LogP contribution < -0.4 is 4.72 Å². The van der Waals surface area contributed by atoms with E-state index in [1.54, 1.807) is 19.4 Å². The molecule has 0 amide bonds. The maximum Gasteiger partial charge on any atom is 0.279 e. The van der Waals surface area contributed by atoms with Crippen LogP contribution in [0.2, 0.25) is 0 Å². The van der Waals surface area contributed by atoms with Crippen molar-refractivity contribution in [2.75, 3.05) is 13.6 Å². The van der Waals surface area contributed by atoms with Crippen LogP contribution in [0.5, 0.6) is 0 Å². The fraction of sp³-hybridized carbons (Fsp3) is 0.357. The van der Waals surface area contributed by atoms with E-state index in [0.717, 1.165) is 17.8 Å². The van der Waals surface area contributed by atoms with Gasteiger partial charge in [-0.25, -0.2) is 9.71 Å². The average molecular weight is 308 g/mol. The number of H-pyrrole nitrogens is 1. The number of imidazole rings is 1. The lowest BCUT2D eigenvalue weighted by atomic mass is 10.2. The van der Waals surface area contributed by atoms with Crippen LogP contribution >= 0.6 is 0 Å². The van der Waals surface area contributed by atoms with E-state index in [0.29, 0.717) is 19.5 Å². The first-order valence-corrected chi connectivity index (χ1v) is 8.25. The third-order valence-electron chi connectivity index (χ3n) is 3.09. The monoisotopic (exact) mass is 308 g/mol. The molecule has 0 fully saturated rings. The van der Waals surface area contributed by atoms with Crippen molar-refractivity contribution < 1.29 is 8.42 Å². The highest BCUT2D eigenvalue weighted by Crippen LogP contribution is 2.05. The Morgan fingerprint density at radius 1 is 1.29 bits per heavy atom. The van der Waals surface area contributed by atoms with Crippen LogP contribution in [0.4, 0.5) is 0 Å². The van der Waals surface area contributed by atoms with E-state index in [1.807, 2.05) is 30.3 Å². The minimum atomic E-state index is -3.45. The predicted molar refractivity (Wildman–Crippen MR) is 81.7 cm³/mol. The number of nitrogens with one attached hydrogen (secondary N) is 2. The van der Waals surface area contributed by atoms with Gasteiger partial charge in [0.1, 0.15) is 5.82 Å². The molecule has 0 bridgehead atoms. The van der Waals surface area contributed by atoms with Gasteiger partial charge in [0.25, 0.3) is 10.2 Å². The quantitative estimate of drug-likeness (QED) is 0.722. The number of aromatic amines is 1. The molecule has 7 heteroatoms. The Hall–Kier alpha value is -1.70. The highest BCUT2D eigenvalue weighted by molar-refractivity contribution is 7.87. The van der Waals surface area contributed by atoms with Crippen molar-refractivity contribution in [1.29, 1.82) is 0 Å². The molecular weight excluding hydrogens is 288 g/mol. The lowest BCUT2D eigenvalue weighted by Crippen LogP contribution is -2.38. The minimum Gasteiger partial charge on any atom is -0.349 e. The normalized spacial score (nSPS) is 11.9. The Labute approximate surface area is 125 Å². The summed E-state index contributed by atoms with van der Waals surface area (Å²) in [5, 5.41) is 0. The predicted octanol–water partition coefficient (Wildman–Crippen LogP) is 1.31. The molecule has 0 atom stereocenters. The molecule has 0 unspecified atom stereocenters. The zero-order valence-electron chi connectivity index (χ0n) is 12.0. The molecule has 0 saturated heterocycles. The van der Waals surface area contributed by atoms with Crippen molar-refractivity contribution in [1.82, 2.24) is 19.0 Å². The summed E-state index contributed by atoms with van der Waals surface area (Å²) in [5.74, 6) is 0.867. The SMILES string of the molecule is CN(Cc1ccccc1)S(=O)(=O)NCCCc1ncc[nH]1. The summed E-state index contributed by atoms with van der Waals surface area (Å²) in [5.41, 5.74) is 0.959. The average Bonchev–Trinajstić information content (AvgIpc) is 2.98. The van der Waals surface area contributed by atoms with Crippen LogP contribution in [-0.4, -0.2) is 36.3 Å². The Morgan fingerprint density at radius 3 is 2.71 bits per heavy atom. The lowest BCUT2D eigenvalue weighted by Gasteiger charge is -2.17. The molecular formula is C14H20N4O2S. The molecule has 0 radical (unpaired) electrons. The second-order valence-corrected chi connectivity index (χ2v) is 6.64. The summed E-state index contributed by atoms with van der Waals surface area (Å²) >= 11 is 0. The van der Waals surface area contributed by atoms with Crippen LogP contribution in [0.1, 0.15) is 17.8 Å². The van der Waals surface area contributed by atoms with E-state index in [2.05, 4.69) is 14.7 Å². The molecule has 114 valence electrons. The molecule has 6 nitrogen and oxygen atoms in total. The first-order chi connectivity index (χ1) is 10.1. The minimum absolute atomic E-state index is 0.356. The van der Waals surface area contributed by atoms with E-state index in [1.165, 1.54) is 4.31 Å². The molecule has 1 aromatic heterocycles. The number of benzene rings is 1. The number of aryl methyl sites for hydroxylation is 1. The topological polar surface area (TPSA) is 78.1 Å². The second kappa shape index (κ2) is 7.35. The Morgan fingerprint density at radius 2 is 2.05 bits per heavy atom. The van der Waals surface area contributed by atoms with Gasteiger partial charge in [0.2, 0.25) is 0 Å². The standard InChI is InChI=1S/C14H20N4O2S/c1-18(12-13-6-3-2-4-7-13)21(19,20)17-9-5-8-14-15-10-11-16-14/h2-4,6-7,10-11,17H,5,8-9,12H2,1H3,(H,15,16). The van der Waals surface area contributed by atoms with Gasteiger partial charge in [-0.05, 0) is 12.0 Å².